The fraction of sp³-hybridized carbons (Fsp3) is 0.462. The van der Waals surface area contributed by atoms with Crippen LogP contribution in [0.15, 0.2) is 24.3 Å². The van der Waals surface area contributed by atoms with E-state index in [1.54, 1.807) is 0 Å². The summed E-state index contributed by atoms with van der Waals surface area (Å²) in [7, 11) is 2.09. The number of nitrogens with zero attached hydrogens (tertiary/aromatic N) is 2. The Labute approximate surface area is 92.1 Å². The molecule has 0 aromatic heterocycles. The van der Waals surface area contributed by atoms with Gasteiger partial charge in [0.25, 0.3) is 0 Å². The largest absolute Gasteiger partial charge is 0.372 e. The maximum atomic E-state index is 8.83. The summed E-state index contributed by atoms with van der Waals surface area (Å²) in [4.78, 5) is 2.25. The van der Waals surface area contributed by atoms with Crippen LogP contribution in [0.25, 0.3) is 0 Å². The Bertz CT molecular complexity index is 348. The lowest BCUT2D eigenvalue weighted by molar-refractivity contribution is 0.591. The summed E-state index contributed by atoms with van der Waals surface area (Å²) in [5.74, 6) is 0. The van der Waals surface area contributed by atoms with E-state index in [2.05, 4.69) is 37.9 Å². The predicted octanol–water partition coefficient (Wildman–Crippen LogP) is 3.18. The molecule has 2 heteroatoms. The summed E-state index contributed by atoms with van der Waals surface area (Å²) < 4.78 is 0. The minimum absolute atomic E-state index is 0.555. The molecule has 1 aromatic rings. The van der Waals surface area contributed by atoms with E-state index in [0.29, 0.717) is 6.04 Å². The number of rotatable bonds is 4. The molecule has 0 aliphatic rings. The standard InChI is InChI=1S/C13H18N2/c1-4-12(5-2)15(3)13-8-6-7-11(9-13)10-14/h6-9,12H,4-5H2,1-3H3. The van der Waals surface area contributed by atoms with E-state index < -0.39 is 0 Å². The van der Waals surface area contributed by atoms with E-state index in [1.807, 2.05) is 18.2 Å². The first-order chi connectivity index (χ1) is 7.22. The van der Waals surface area contributed by atoms with Gasteiger partial charge < -0.3 is 4.90 Å². The monoisotopic (exact) mass is 202 g/mol. The maximum absolute atomic E-state index is 8.83. The van der Waals surface area contributed by atoms with Gasteiger partial charge in [0.15, 0.2) is 0 Å². The summed E-state index contributed by atoms with van der Waals surface area (Å²) in [5.41, 5.74) is 1.85. The van der Waals surface area contributed by atoms with Gasteiger partial charge in [-0.05, 0) is 31.0 Å². The molecule has 0 bridgehead atoms. The minimum Gasteiger partial charge on any atom is -0.372 e. The van der Waals surface area contributed by atoms with Gasteiger partial charge in [0.2, 0.25) is 0 Å². The zero-order valence-corrected chi connectivity index (χ0v) is 9.70. The molecule has 0 atom stereocenters. The minimum atomic E-state index is 0.555. The van der Waals surface area contributed by atoms with Crippen molar-refractivity contribution in [2.45, 2.75) is 32.7 Å². The highest BCUT2D eigenvalue weighted by molar-refractivity contribution is 5.51. The molecule has 0 fully saturated rings. The maximum Gasteiger partial charge on any atom is 0.0992 e. The van der Waals surface area contributed by atoms with Crippen LogP contribution in [0.5, 0.6) is 0 Å². The predicted molar refractivity (Wildman–Crippen MR) is 63.9 cm³/mol. The topological polar surface area (TPSA) is 27.0 Å². The number of anilines is 1. The molecule has 80 valence electrons. The summed E-state index contributed by atoms with van der Waals surface area (Å²) in [6, 6.07) is 10.5. The fourth-order valence-electron chi connectivity index (χ4n) is 1.84. The first kappa shape index (κ1) is 11.6. The molecule has 0 N–H and O–H groups in total. The Morgan fingerprint density at radius 3 is 2.53 bits per heavy atom. The Kier molecular flexibility index (Phi) is 4.17. The van der Waals surface area contributed by atoms with E-state index in [9.17, 15) is 0 Å². The normalized spacial score (nSPS) is 10.1. The Balaban J connectivity index is 2.90. The highest BCUT2D eigenvalue weighted by Gasteiger charge is 2.10. The molecule has 0 saturated heterocycles. The van der Waals surface area contributed by atoms with E-state index in [4.69, 9.17) is 5.26 Å². The average molecular weight is 202 g/mol. The van der Waals surface area contributed by atoms with Crippen molar-refractivity contribution >= 4 is 5.69 Å². The van der Waals surface area contributed by atoms with Crippen LogP contribution in [0.1, 0.15) is 32.3 Å². The van der Waals surface area contributed by atoms with Crippen molar-refractivity contribution in [3.8, 4) is 6.07 Å². The van der Waals surface area contributed by atoms with Crippen molar-refractivity contribution in [1.29, 1.82) is 5.26 Å². The lowest BCUT2D eigenvalue weighted by Crippen LogP contribution is -2.30. The number of hydrogen-bond donors (Lipinski definition) is 0. The molecule has 0 radical (unpaired) electrons. The highest BCUT2D eigenvalue weighted by atomic mass is 15.1. The van der Waals surface area contributed by atoms with Crippen molar-refractivity contribution in [2.24, 2.45) is 0 Å². The molecule has 0 heterocycles. The summed E-state index contributed by atoms with van der Waals surface area (Å²) in [6.07, 6.45) is 2.26. The molecule has 1 aromatic carbocycles. The van der Waals surface area contributed by atoms with E-state index >= 15 is 0 Å². The third-order valence-electron chi connectivity index (χ3n) is 2.87. The van der Waals surface area contributed by atoms with Crippen LogP contribution in [-0.4, -0.2) is 13.1 Å². The quantitative estimate of drug-likeness (QED) is 0.749. The summed E-state index contributed by atoms with van der Waals surface area (Å²) in [5, 5.41) is 8.83. The number of benzene rings is 1. The van der Waals surface area contributed by atoms with Gasteiger partial charge in [0.05, 0.1) is 11.6 Å². The fourth-order valence-corrected chi connectivity index (χ4v) is 1.84. The van der Waals surface area contributed by atoms with Gasteiger partial charge in [-0.1, -0.05) is 19.9 Å². The second kappa shape index (κ2) is 5.41. The van der Waals surface area contributed by atoms with Gasteiger partial charge >= 0.3 is 0 Å². The molecule has 0 saturated carbocycles. The second-order valence-corrected chi connectivity index (χ2v) is 3.74. The molecule has 0 aliphatic heterocycles. The molecule has 2 nitrogen and oxygen atoms in total. The lowest BCUT2D eigenvalue weighted by Gasteiger charge is -2.28. The van der Waals surface area contributed by atoms with Crippen LogP contribution in [0.2, 0.25) is 0 Å². The zero-order chi connectivity index (χ0) is 11.3. The van der Waals surface area contributed by atoms with Gasteiger partial charge in [0, 0.05) is 18.8 Å². The highest BCUT2D eigenvalue weighted by Crippen LogP contribution is 2.19. The molecular formula is C13H18N2. The molecule has 1 rings (SSSR count). The average Bonchev–Trinajstić information content (AvgIpc) is 2.30. The lowest BCUT2D eigenvalue weighted by atomic mass is 10.1. The van der Waals surface area contributed by atoms with Crippen molar-refractivity contribution in [1.82, 2.24) is 0 Å². The van der Waals surface area contributed by atoms with E-state index in [-0.39, 0.29) is 0 Å². The molecule has 0 amide bonds. The van der Waals surface area contributed by atoms with Crippen LogP contribution in [0.3, 0.4) is 0 Å². The van der Waals surface area contributed by atoms with Gasteiger partial charge in [-0.25, -0.2) is 0 Å². The third-order valence-corrected chi connectivity index (χ3v) is 2.87. The van der Waals surface area contributed by atoms with Crippen LogP contribution >= 0.6 is 0 Å². The van der Waals surface area contributed by atoms with Crippen molar-refractivity contribution in [3.63, 3.8) is 0 Å². The first-order valence-corrected chi connectivity index (χ1v) is 5.45. The smallest absolute Gasteiger partial charge is 0.0992 e. The van der Waals surface area contributed by atoms with Crippen LogP contribution < -0.4 is 4.90 Å². The van der Waals surface area contributed by atoms with Crippen LogP contribution in [0.4, 0.5) is 5.69 Å². The Morgan fingerprint density at radius 2 is 2.00 bits per heavy atom. The van der Waals surface area contributed by atoms with Gasteiger partial charge in [-0.3, -0.25) is 0 Å². The van der Waals surface area contributed by atoms with E-state index in [1.165, 1.54) is 0 Å². The van der Waals surface area contributed by atoms with Crippen molar-refractivity contribution < 1.29 is 0 Å². The molecule has 0 spiro atoms. The molecule has 15 heavy (non-hydrogen) atoms. The Morgan fingerprint density at radius 1 is 1.33 bits per heavy atom. The third kappa shape index (κ3) is 2.73. The number of nitriles is 1. The van der Waals surface area contributed by atoms with Crippen LogP contribution in [0, 0.1) is 11.3 Å². The molecular weight excluding hydrogens is 184 g/mol. The summed E-state index contributed by atoms with van der Waals surface area (Å²) in [6.45, 7) is 4.39. The van der Waals surface area contributed by atoms with E-state index in [0.717, 1.165) is 24.1 Å². The van der Waals surface area contributed by atoms with Crippen molar-refractivity contribution in [3.05, 3.63) is 29.8 Å². The summed E-state index contributed by atoms with van der Waals surface area (Å²) >= 11 is 0. The van der Waals surface area contributed by atoms with Gasteiger partial charge in [0.1, 0.15) is 0 Å². The number of hydrogen-bond acceptors (Lipinski definition) is 2. The molecule has 0 aliphatic carbocycles. The first-order valence-electron chi connectivity index (χ1n) is 5.45. The molecule has 0 unspecified atom stereocenters. The second-order valence-electron chi connectivity index (χ2n) is 3.74. The van der Waals surface area contributed by atoms with Crippen molar-refractivity contribution in [2.75, 3.05) is 11.9 Å². The van der Waals surface area contributed by atoms with Gasteiger partial charge in [-0.2, -0.15) is 5.26 Å². The zero-order valence-electron chi connectivity index (χ0n) is 9.70. The SMILES string of the molecule is CCC(CC)N(C)c1cccc(C#N)c1. The Hall–Kier alpha value is -1.49. The van der Waals surface area contributed by atoms with Crippen LogP contribution in [-0.2, 0) is 0 Å². The van der Waals surface area contributed by atoms with Gasteiger partial charge in [-0.15, -0.1) is 0 Å².